The second-order valence-corrected chi connectivity index (χ2v) is 7.70. The molecule has 1 aliphatic carbocycles. The van der Waals surface area contributed by atoms with Gasteiger partial charge < -0.3 is 4.74 Å². The topological polar surface area (TPSA) is 61.2 Å². The summed E-state index contributed by atoms with van der Waals surface area (Å²) >= 11 is 1.61. The molecule has 26 heavy (non-hydrogen) atoms. The molecule has 2 heterocycles. The van der Waals surface area contributed by atoms with Crippen molar-refractivity contribution in [2.45, 2.75) is 45.3 Å². The highest BCUT2D eigenvalue weighted by molar-refractivity contribution is 7.18. The summed E-state index contributed by atoms with van der Waals surface area (Å²) in [7, 11) is 0. The molecule has 3 aromatic rings. The Hall–Kier alpha value is -2.47. The number of ether oxygens (including phenoxy) is 1. The van der Waals surface area contributed by atoms with E-state index in [1.54, 1.807) is 18.3 Å². The van der Waals surface area contributed by atoms with Crippen LogP contribution in [0.4, 0.5) is 0 Å². The fourth-order valence-corrected chi connectivity index (χ4v) is 4.62. The molecule has 5 nitrogen and oxygen atoms in total. The van der Waals surface area contributed by atoms with E-state index in [4.69, 9.17) is 4.74 Å². The molecule has 0 N–H and O–H groups in total. The Kier molecular flexibility index (Phi) is 4.59. The number of carbonyl (C=O) groups excluding carboxylic acids is 1. The van der Waals surface area contributed by atoms with Crippen LogP contribution in [0.15, 0.2) is 41.5 Å². The van der Waals surface area contributed by atoms with Crippen LogP contribution in [0.5, 0.6) is 0 Å². The van der Waals surface area contributed by atoms with E-state index < -0.39 is 12.0 Å². The fourth-order valence-electron chi connectivity index (χ4n) is 3.40. The number of aromatic nitrogens is 2. The molecule has 0 bridgehead atoms. The Balaban J connectivity index is 1.60. The van der Waals surface area contributed by atoms with Crippen molar-refractivity contribution in [3.8, 4) is 0 Å². The van der Waals surface area contributed by atoms with Crippen LogP contribution in [0.2, 0.25) is 0 Å². The van der Waals surface area contributed by atoms with Crippen LogP contribution >= 0.6 is 11.3 Å². The third kappa shape index (κ3) is 3.05. The highest BCUT2D eigenvalue weighted by Crippen LogP contribution is 2.33. The Morgan fingerprint density at radius 3 is 2.85 bits per heavy atom. The molecule has 0 saturated carbocycles. The number of hydrogen-bond donors (Lipinski definition) is 0. The average molecular weight is 368 g/mol. The average Bonchev–Trinajstić information content (AvgIpc) is 3.06. The van der Waals surface area contributed by atoms with Crippen molar-refractivity contribution in [1.29, 1.82) is 0 Å². The number of thiophene rings is 1. The van der Waals surface area contributed by atoms with Gasteiger partial charge in [0.2, 0.25) is 0 Å². The van der Waals surface area contributed by atoms with Crippen molar-refractivity contribution >= 4 is 27.5 Å². The van der Waals surface area contributed by atoms with Gasteiger partial charge in [-0.05, 0) is 43.7 Å². The van der Waals surface area contributed by atoms with Crippen molar-refractivity contribution in [2.24, 2.45) is 0 Å². The van der Waals surface area contributed by atoms with E-state index in [0.29, 0.717) is 5.39 Å². The van der Waals surface area contributed by atoms with Crippen LogP contribution in [-0.2, 0) is 29.0 Å². The zero-order valence-electron chi connectivity index (χ0n) is 14.6. The van der Waals surface area contributed by atoms with Gasteiger partial charge in [-0.2, -0.15) is 0 Å². The Bertz CT molecular complexity index is 1010. The minimum absolute atomic E-state index is 0.140. The van der Waals surface area contributed by atoms with Crippen LogP contribution in [-0.4, -0.2) is 15.5 Å². The Morgan fingerprint density at radius 1 is 1.27 bits per heavy atom. The van der Waals surface area contributed by atoms with E-state index in [9.17, 15) is 9.59 Å². The highest BCUT2D eigenvalue weighted by atomic mass is 32.1. The molecule has 1 atom stereocenters. The van der Waals surface area contributed by atoms with E-state index in [1.807, 2.05) is 30.3 Å². The fraction of sp³-hybridized carbons (Fsp3) is 0.350. The second-order valence-electron chi connectivity index (χ2n) is 6.62. The number of hydrogen-bond acceptors (Lipinski definition) is 5. The number of fused-ring (bicyclic) bond motifs is 3. The lowest BCUT2D eigenvalue weighted by molar-refractivity contribution is -0.148. The third-order valence-electron chi connectivity index (χ3n) is 4.88. The molecule has 0 fully saturated rings. The lowest BCUT2D eigenvalue weighted by Gasteiger charge is -2.15. The molecule has 0 spiro atoms. The molecule has 1 unspecified atom stereocenters. The molecular formula is C20H20N2O3S. The SMILES string of the molecule is CC(C(=O)OCc1ccccc1)n1cnc2sc3c(c2c1=O)CCCC3. The maximum absolute atomic E-state index is 13.0. The highest BCUT2D eigenvalue weighted by Gasteiger charge is 2.24. The molecule has 0 aliphatic heterocycles. The summed E-state index contributed by atoms with van der Waals surface area (Å²) in [4.78, 5) is 31.9. The lowest BCUT2D eigenvalue weighted by Crippen LogP contribution is -2.29. The minimum Gasteiger partial charge on any atom is -0.459 e. The maximum atomic E-state index is 13.0. The monoisotopic (exact) mass is 368 g/mol. The largest absolute Gasteiger partial charge is 0.459 e. The molecular weight excluding hydrogens is 348 g/mol. The van der Waals surface area contributed by atoms with Crippen LogP contribution in [0.25, 0.3) is 10.2 Å². The normalized spacial score (nSPS) is 14.8. The summed E-state index contributed by atoms with van der Waals surface area (Å²) in [6.07, 6.45) is 5.67. The van der Waals surface area contributed by atoms with E-state index in [0.717, 1.165) is 41.6 Å². The maximum Gasteiger partial charge on any atom is 0.329 e. The Morgan fingerprint density at radius 2 is 2.04 bits per heavy atom. The predicted molar refractivity (Wildman–Crippen MR) is 101 cm³/mol. The van der Waals surface area contributed by atoms with Gasteiger partial charge in [0.25, 0.3) is 5.56 Å². The Labute approximate surface area is 155 Å². The van der Waals surface area contributed by atoms with Crippen molar-refractivity contribution in [3.05, 3.63) is 63.0 Å². The zero-order valence-corrected chi connectivity index (χ0v) is 15.4. The molecule has 1 aromatic carbocycles. The first-order valence-electron chi connectivity index (χ1n) is 8.87. The van der Waals surface area contributed by atoms with Gasteiger partial charge in [-0.1, -0.05) is 30.3 Å². The molecule has 0 saturated heterocycles. The first-order valence-corrected chi connectivity index (χ1v) is 9.68. The number of aryl methyl sites for hydroxylation is 2. The molecule has 2 aromatic heterocycles. The van der Waals surface area contributed by atoms with E-state index in [-0.39, 0.29) is 12.2 Å². The quantitative estimate of drug-likeness (QED) is 0.660. The van der Waals surface area contributed by atoms with Crippen molar-refractivity contribution in [1.82, 2.24) is 9.55 Å². The van der Waals surface area contributed by atoms with E-state index >= 15 is 0 Å². The number of benzene rings is 1. The van der Waals surface area contributed by atoms with E-state index in [2.05, 4.69) is 4.98 Å². The van der Waals surface area contributed by atoms with Crippen molar-refractivity contribution < 1.29 is 9.53 Å². The van der Waals surface area contributed by atoms with Crippen molar-refractivity contribution in [3.63, 3.8) is 0 Å². The molecule has 1 aliphatic rings. The zero-order chi connectivity index (χ0) is 18.1. The standard InChI is InChI=1S/C20H20N2O3S/c1-13(20(24)25-11-14-7-3-2-4-8-14)22-12-21-18-17(19(22)23)15-9-5-6-10-16(15)26-18/h2-4,7-8,12-13H,5-6,9-11H2,1H3. The first kappa shape index (κ1) is 17.0. The van der Waals surface area contributed by atoms with Gasteiger partial charge in [-0.15, -0.1) is 11.3 Å². The number of nitrogens with zero attached hydrogens (tertiary/aromatic N) is 2. The van der Waals surface area contributed by atoms with Crippen molar-refractivity contribution in [2.75, 3.05) is 0 Å². The summed E-state index contributed by atoms with van der Waals surface area (Å²) in [6.45, 7) is 1.88. The molecule has 4 rings (SSSR count). The third-order valence-corrected chi connectivity index (χ3v) is 6.08. The van der Waals surface area contributed by atoms with Crippen LogP contribution in [0.3, 0.4) is 0 Å². The lowest BCUT2D eigenvalue weighted by atomic mass is 9.97. The van der Waals surface area contributed by atoms with Crippen LogP contribution in [0, 0.1) is 0 Å². The van der Waals surface area contributed by atoms with Crippen LogP contribution in [0.1, 0.15) is 41.8 Å². The molecule has 134 valence electrons. The van der Waals surface area contributed by atoms with Gasteiger partial charge >= 0.3 is 5.97 Å². The van der Waals surface area contributed by atoms with Gasteiger partial charge in [-0.25, -0.2) is 9.78 Å². The number of rotatable bonds is 4. The van der Waals surface area contributed by atoms with Gasteiger partial charge in [0, 0.05) is 4.88 Å². The summed E-state index contributed by atoms with van der Waals surface area (Å²) in [5, 5.41) is 0.690. The minimum atomic E-state index is -0.706. The van der Waals surface area contributed by atoms with Gasteiger partial charge in [0.05, 0.1) is 11.7 Å². The molecule has 0 radical (unpaired) electrons. The van der Waals surface area contributed by atoms with Crippen LogP contribution < -0.4 is 5.56 Å². The number of esters is 1. The van der Waals surface area contributed by atoms with Gasteiger partial charge in [-0.3, -0.25) is 9.36 Å². The van der Waals surface area contributed by atoms with Gasteiger partial charge in [0.15, 0.2) is 0 Å². The smallest absolute Gasteiger partial charge is 0.329 e. The summed E-state index contributed by atoms with van der Waals surface area (Å²) < 4.78 is 6.78. The van der Waals surface area contributed by atoms with E-state index in [1.165, 1.54) is 15.8 Å². The second kappa shape index (κ2) is 7.03. The number of carbonyl (C=O) groups is 1. The van der Waals surface area contributed by atoms with Gasteiger partial charge in [0.1, 0.15) is 17.5 Å². The summed E-state index contributed by atoms with van der Waals surface area (Å²) in [5.41, 5.74) is 1.91. The summed E-state index contributed by atoms with van der Waals surface area (Å²) in [6, 6.07) is 8.80. The molecule has 6 heteroatoms. The molecule has 0 amide bonds. The summed E-state index contributed by atoms with van der Waals surface area (Å²) in [5.74, 6) is -0.429. The first-order chi connectivity index (χ1) is 12.6. The predicted octanol–water partition coefficient (Wildman–Crippen LogP) is 3.64.